The zero-order valence-corrected chi connectivity index (χ0v) is 13.4. The predicted octanol–water partition coefficient (Wildman–Crippen LogP) is 4.43. The maximum atomic E-state index is 10.3. The minimum absolute atomic E-state index is 0.510. The lowest BCUT2D eigenvalue weighted by molar-refractivity contribution is 0.178. The minimum Gasteiger partial charge on any atom is -0.493 e. The van der Waals surface area contributed by atoms with Gasteiger partial charge in [-0.15, -0.1) is 0 Å². The van der Waals surface area contributed by atoms with Crippen molar-refractivity contribution in [3.63, 3.8) is 0 Å². The van der Waals surface area contributed by atoms with E-state index in [0.717, 1.165) is 21.3 Å². The molecule has 1 unspecified atom stereocenters. The molecule has 0 heterocycles. The molecular weight excluding hydrogens is 316 g/mol. The summed E-state index contributed by atoms with van der Waals surface area (Å²) in [5, 5.41) is 10.3. The van der Waals surface area contributed by atoms with Crippen molar-refractivity contribution in [2.45, 2.75) is 26.4 Å². The SMILES string of the molecule is CCOc1ccc(C(O)Cc2ccc(C)cc2)cc1Br. The lowest BCUT2D eigenvalue weighted by atomic mass is 10.0. The van der Waals surface area contributed by atoms with E-state index in [-0.39, 0.29) is 0 Å². The van der Waals surface area contributed by atoms with Crippen LogP contribution in [-0.2, 0) is 6.42 Å². The van der Waals surface area contributed by atoms with Crippen LogP contribution in [0.15, 0.2) is 46.9 Å². The van der Waals surface area contributed by atoms with Crippen LogP contribution in [0.1, 0.15) is 29.7 Å². The first-order valence-corrected chi connectivity index (χ1v) is 7.55. The molecule has 1 atom stereocenters. The molecule has 0 amide bonds. The molecule has 1 N–H and O–H groups in total. The summed E-state index contributed by atoms with van der Waals surface area (Å²) in [7, 11) is 0. The third-order valence-corrected chi connectivity index (χ3v) is 3.81. The van der Waals surface area contributed by atoms with Crippen LogP contribution in [0.3, 0.4) is 0 Å². The van der Waals surface area contributed by atoms with Crippen molar-refractivity contribution in [1.82, 2.24) is 0 Å². The molecule has 0 aliphatic heterocycles. The fraction of sp³-hybridized carbons (Fsp3) is 0.294. The Morgan fingerprint density at radius 2 is 1.85 bits per heavy atom. The molecule has 0 radical (unpaired) electrons. The Bertz CT molecular complexity index is 564. The molecule has 0 aliphatic rings. The lowest BCUT2D eigenvalue weighted by Gasteiger charge is -2.13. The summed E-state index contributed by atoms with van der Waals surface area (Å²) in [6.45, 7) is 4.64. The van der Waals surface area contributed by atoms with E-state index in [2.05, 4.69) is 47.1 Å². The second-order valence-corrected chi connectivity index (χ2v) is 5.68. The highest BCUT2D eigenvalue weighted by Gasteiger charge is 2.11. The Morgan fingerprint density at radius 1 is 1.15 bits per heavy atom. The first-order chi connectivity index (χ1) is 9.60. The largest absolute Gasteiger partial charge is 0.493 e. The topological polar surface area (TPSA) is 29.5 Å². The quantitative estimate of drug-likeness (QED) is 0.876. The molecule has 2 rings (SSSR count). The molecule has 0 saturated heterocycles. The van der Waals surface area contributed by atoms with Gasteiger partial charge in [0.2, 0.25) is 0 Å². The summed E-state index contributed by atoms with van der Waals surface area (Å²) in [5.41, 5.74) is 3.25. The average molecular weight is 335 g/mol. The van der Waals surface area contributed by atoms with E-state index in [9.17, 15) is 5.11 Å². The molecule has 2 nitrogen and oxygen atoms in total. The molecule has 106 valence electrons. The average Bonchev–Trinajstić information content (AvgIpc) is 2.44. The molecule has 0 spiro atoms. The third kappa shape index (κ3) is 3.84. The van der Waals surface area contributed by atoms with Gasteiger partial charge >= 0.3 is 0 Å². The van der Waals surface area contributed by atoms with E-state index in [4.69, 9.17) is 4.74 Å². The van der Waals surface area contributed by atoms with E-state index in [0.29, 0.717) is 13.0 Å². The van der Waals surface area contributed by atoms with Gasteiger partial charge < -0.3 is 9.84 Å². The van der Waals surface area contributed by atoms with Crippen molar-refractivity contribution in [1.29, 1.82) is 0 Å². The van der Waals surface area contributed by atoms with E-state index >= 15 is 0 Å². The van der Waals surface area contributed by atoms with E-state index in [1.165, 1.54) is 5.56 Å². The molecule has 0 fully saturated rings. The Hall–Kier alpha value is -1.32. The number of hydrogen-bond acceptors (Lipinski definition) is 2. The molecule has 2 aromatic rings. The number of ether oxygens (including phenoxy) is 1. The van der Waals surface area contributed by atoms with Crippen LogP contribution >= 0.6 is 15.9 Å². The minimum atomic E-state index is -0.510. The van der Waals surface area contributed by atoms with Crippen molar-refractivity contribution in [2.75, 3.05) is 6.61 Å². The number of rotatable bonds is 5. The predicted molar refractivity (Wildman–Crippen MR) is 85.2 cm³/mol. The van der Waals surface area contributed by atoms with Gasteiger partial charge in [0.05, 0.1) is 17.2 Å². The molecule has 20 heavy (non-hydrogen) atoms. The lowest BCUT2D eigenvalue weighted by Crippen LogP contribution is -2.02. The highest BCUT2D eigenvalue weighted by molar-refractivity contribution is 9.10. The highest BCUT2D eigenvalue weighted by atomic mass is 79.9. The third-order valence-electron chi connectivity index (χ3n) is 3.19. The smallest absolute Gasteiger partial charge is 0.133 e. The van der Waals surface area contributed by atoms with Gasteiger partial charge in [0.1, 0.15) is 5.75 Å². The summed E-state index contributed by atoms with van der Waals surface area (Å²) in [4.78, 5) is 0. The Labute approximate surface area is 128 Å². The van der Waals surface area contributed by atoms with E-state index in [1.54, 1.807) is 0 Å². The number of aliphatic hydroxyl groups excluding tert-OH is 1. The van der Waals surface area contributed by atoms with Gasteiger partial charge in [0.15, 0.2) is 0 Å². The van der Waals surface area contributed by atoms with Crippen molar-refractivity contribution in [3.8, 4) is 5.75 Å². The molecule has 3 heteroatoms. The summed E-state index contributed by atoms with van der Waals surface area (Å²) >= 11 is 3.48. The second-order valence-electron chi connectivity index (χ2n) is 4.83. The van der Waals surface area contributed by atoms with Crippen molar-refractivity contribution >= 4 is 15.9 Å². The van der Waals surface area contributed by atoms with Crippen molar-refractivity contribution in [2.24, 2.45) is 0 Å². The standard InChI is InChI=1S/C17H19BrO2/c1-3-20-17-9-8-14(11-15(17)18)16(19)10-13-6-4-12(2)5-7-13/h4-9,11,16,19H,3,10H2,1-2H3. The van der Waals surface area contributed by atoms with Crippen LogP contribution in [0.25, 0.3) is 0 Å². The maximum absolute atomic E-state index is 10.3. The van der Waals surface area contributed by atoms with Gasteiger partial charge in [-0.05, 0) is 53.0 Å². The zero-order chi connectivity index (χ0) is 14.5. The number of hydrogen-bond donors (Lipinski definition) is 1. The summed E-state index contributed by atoms with van der Waals surface area (Å²) in [6.07, 6.45) is 0.102. The van der Waals surface area contributed by atoms with Crippen molar-refractivity contribution < 1.29 is 9.84 Å². The van der Waals surface area contributed by atoms with E-state index in [1.807, 2.05) is 25.1 Å². The van der Waals surface area contributed by atoms with Crippen LogP contribution in [0.5, 0.6) is 5.75 Å². The van der Waals surface area contributed by atoms with Crippen LogP contribution in [0.2, 0.25) is 0 Å². The normalized spacial score (nSPS) is 12.2. The Balaban J connectivity index is 2.10. The van der Waals surface area contributed by atoms with Gasteiger partial charge in [-0.25, -0.2) is 0 Å². The summed E-state index contributed by atoms with van der Waals surface area (Å²) < 4.78 is 6.35. The van der Waals surface area contributed by atoms with Crippen LogP contribution < -0.4 is 4.74 Å². The fourth-order valence-electron chi connectivity index (χ4n) is 2.06. The zero-order valence-electron chi connectivity index (χ0n) is 11.8. The molecule has 0 aromatic heterocycles. The van der Waals surface area contributed by atoms with Crippen LogP contribution in [-0.4, -0.2) is 11.7 Å². The van der Waals surface area contributed by atoms with Crippen LogP contribution in [0.4, 0.5) is 0 Å². The summed E-state index contributed by atoms with van der Waals surface area (Å²) in [5.74, 6) is 0.804. The fourth-order valence-corrected chi connectivity index (χ4v) is 2.57. The maximum Gasteiger partial charge on any atom is 0.133 e. The Morgan fingerprint density at radius 3 is 2.45 bits per heavy atom. The second kappa shape index (κ2) is 6.91. The van der Waals surface area contributed by atoms with Crippen molar-refractivity contribution in [3.05, 3.63) is 63.6 Å². The van der Waals surface area contributed by atoms with Gasteiger partial charge in [0, 0.05) is 6.42 Å². The monoisotopic (exact) mass is 334 g/mol. The van der Waals surface area contributed by atoms with Gasteiger partial charge in [-0.2, -0.15) is 0 Å². The van der Waals surface area contributed by atoms with E-state index < -0.39 is 6.10 Å². The number of aryl methyl sites for hydroxylation is 1. The van der Waals surface area contributed by atoms with Gasteiger partial charge in [-0.3, -0.25) is 0 Å². The molecular formula is C17H19BrO2. The van der Waals surface area contributed by atoms with Crippen LogP contribution in [0, 0.1) is 6.92 Å². The first-order valence-electron chi connectivity index (χ1n) is 6.76. The first kappa shape index (κ1) is 15.1. The van der Waals surface area contributed by atoms with Gasteiger partial charge in [0.25, 0.3) is 0 Å². The number of halogens is 1. The van der Waals surface area contributed by atoms with Gasteiger partial charge in [-0.1, -0.05) is 35.9 Å². The highest BCUT2D eigenvalue weighted by Crippen LogP contribution is 2.29. The number of aliphatic hydroxyl groups is 1. The molecule has 2 aromatic carbocycles. The molecule has 0 aliphatic carbocycles. The molecule has 0 saturated carbocycles. The molecule has 0 bridgehead atoms. The Kier molecular flexibility index (Phi) is 5.21. The summed E-state index contributed by atoms with van der Waals surface area (Å²) in [6, 6.07) is 14.0. The number of benzene rings is 2.